The van der Waals surface area contributed by atoms with Gasteiger partial charge < -0.3 is 16.4 Å². The lowest BCUT2D eigenvalue weighted by Crippen LogP contribution is -2.28. The molecule has 0 heterocycles. The summed E-state index contributed by atoms with van der Waals surface area (Å²) in [5.41, 5.74) is 6.82. The molecule has 0 radical (unpaired) electrons. The van der Waals surface area contributed by atoms with Gasteiger partial charge in [0.05, 0.1) is 5.41 Å². The highest BCUT2D eigenvalue weighted by Gasteiger charge is 2.51. The molecule has 2 aromatic rings. The molecule has 0 atom stereocenters. The Balaban J connectivity index is 1.78. The predicted octanol–water partition coefficient (Wildman–Crippen LogP) is 3.61. The van der Waals surface area contributed by atoms with Gasteiger partial charge in [0.2, 0.25) is 5.91 Å². The summed E-state index contributed by atoms with van der Waals surface area (Å²) in [5.74, 6) is -0.0353. The maximum atomic E-state index is 12.7. The van der Waals surface area contributed by atoms with Crippen LogP contribution < -0.4 is 16.4 Å². The molecule has 4 N–H and O–H groups in total. The second kappa shape index (κ2) is 6.04. The number of urea groups is 1. The minimum absolute atomic E-state index is 0.0353. The van der Waals surface area contributed by atoms with Crippen molar-refractivity contribution >= 4 is 39.2 Å². The first-order valence-corrected chi connectivity index (χ1v) is 8.03. The number of amides is 3. The van der Waals surface area contributed by atoms with E-state index in [0.717, 1.165) is 22.9 Å². The second-order valence-electron chi connectivity index (χ2n) is 5.62. The SMILES string of the molecule is NC(=O)Nc1cccc(NC(=O)C2(c3cccc(Br)c3)CC2)c1. The number of rotatable bonds is 4. The highest BCUT2D eigenvalue weighted by Crippen LogP contribution is 2.49. The van der Waals surface area contributed by atoms with Crippen LogP contribution in [0.15, 0.2) is 53.0 Å². The molecule has 1 fully saturated rings. The standard InChI is InChI=1S/C17H16BrN3O2/c18-12-4-1-3-11(9-12)17(7-8-17)15(22)20-13-5-2-6-14(10-13)21-16(19)23/h1-6,9-10H,7-8H2,(H,20,22)(H3,19,21,23). The van der Waals surface area contributed by atoms with Crippen molar-refractivity contribution in [2.45, 2.75) is 18.3 Å². The molecule has 1 saturated carbocycles. The quantitative estimate of drug-likeness (QED) is 0.764. The summed E-state index contributed by atoms with van der Waals surface area (Å²) in [5, 5.41) is 5.42. The van der Waals surface area contributed by atoms with Gasteiger partial charge in [-0.1, -0.05) is 34.1 Å². The van der Waals surface area contributed by atoms with Gasteiger partial charge in [0.25, 0.3) is 0 Å². The van der Waals surface area contributed by atoms with Crippen LogP contribution in [-0.4, -0.2) is 11.9 Å². The van der Waals surface area contributed by atoms with E-state index in [2.05, 4.69) is 26.6 Å². The van der Waals surface area contributed by atoms with Gasteiger partial charge in [-0.05, 0) is 48.7 Å². The second-order valence-corrected chi connectivity index (χ2v) is 6.53. The summed E-state index contributed by atoms with van der Waals surface area (Å²) in [7, 11) is 0. The van der Waals surface area contributed by atoms with Gasteiger partial charge in [-0.25, -0.2) is 4.79 Å². The van der Waals surface area contributed by atoms with E-state index in [9.17, 15) is 9.59 Å². The van der Waals surface area contributed by atoms with E-state index in [0.29, 0.717) is 11.4 Å². The van der Waals surface area contributed by atoms with Crippen molar-refractivity contribution in [3.8, 4) is 0 Å². The molecule has 118 valence electrons. The molecule has 3 rings (SSSR count). The molecule has 0 spiro atoms. The molecule has 0 bridgehead atoms. The van der Waals surface area contributed by atoms with Crippen LogP contribution in [0, 0.1) is 0 Å². The first-order chi connectivity index (χ1) is 11.0. The summed E-state index contributed by atoms with van der Waals surface area (Å²) in [6, 6.07) is 14.1. The Bertz CT molecular complexity index is 772. The van der Waals surface area contributed by atoms with E-state index in [1.54, 1.807) is 24.3 Å². The molecule has 1 aliphatic rings. The Labute approximate surface area is 142 Å². The Morgan fingerprint density at radius 2 is 1.65 bits per heavy atom. The van der Waals surface area contributed by atoms with Crippen molar-refractivity contribution in [3.63, 3.8) is 0 Å². The highest BCUT2D eigenvalue weighted by atomic mass is 79.9. The molecule has 6 heteroatoms. The third-order valence-corrected chi connectivity index (χ3v) is 4.44. The third kappa shape index (κ3) is 3.37. The lowest BCUT2D eigenvalue weighted by molar-refractivity contribution is -0.118. The van der Waals surface area contributed by atoms with E-state index in [1.807, 2.05) is 24.3 Å². The number of nitrogens with two attached hydrogens (primary N) is 1. The molecule has 0 saturated heterocycles. The monoisotopic (exact) mass is 373 g/mol. The van der Waals surface area contributed by atoms with Crippen molar-refractivity contribution < 1.29 is 9.59 Å². The summed E-state index contributed by atoms with van der Waals surface area (Å²) >= 11 is 3.45. The fourth-order valence-electron chi connectivity index (χ4n) is 2.63. The fraction of sp³-hybridized carbons (Fsp3) is 0.176. The zero-order chi connectivity index (χ0) is 16.4. The van der Waals surface area contributed by atoms with Gasteiger partial charge >= 0.3 is 6.03 Å². The Morgan fingerprint density at radius 1 is 1.00 bits per heavy atom. The Kier molecular flexibility index (Phi) is 4.09. The molecule has 23 heavy (non-hydrogen) atoms. The Hall–Kier alpha value is -2.34. The van der Waals surface area contributed by atoms with Crippen LogP contribution in [-0.2, 0) is 10.2 Å². The van der Waals surface area contributed by atoms with E-state index in [4.69, 9.17) is 5.73 Å². The van der Waals surface area contributed by atoms with Crippen LogP contribution in [0.1, 0.15) is 18.4 Å². The van der Waals surface area contributed by atoms with Crippen LogP contribution in [0.25, 0.3) is 0 Å². The zero-order valence-electron chi connectivity index (χ0n) is 12.3. The minimum atomic E-state index is -0.638. The maximum absolute atomic E-state index is 12.7. The van der Waals surface area contributed by atoms with Crippen LogP contribution >= 0.6 is 15.9 Å². The van der Waals surface area contributed by atoms with Crippen molar-refractivity contribution in [3.05, 3.63) is 58.6 Å². The van der Waals surface area contributed by atoms with E-state index in [-0.39, 0.29) is 5.91 Å². The number of benzene rings is 2. The number of hydrogen-bond acceptors (Lipinski definition) is 2. The molecular formula is C17H16BrN3O2. The van der Waals surface area contributed by atoms with Gasteiger partial charge in [0.15, 0.2) is 0 Å². The number of anilines is 2. The summed E-state index contributed by atoms with van der Waals surface area (Å²) in [6.07, 6.45) is 1.66. The molecule has 5 nitrogen and oxygen atoms in total. The minimum Gasteiger partial charge on any atom is -0.351 e. The number of hydrogen-bond donors (Lipinski definition) is 3. The van der Waals surface area contributed by atoms with Gasteiger partial charge in [-0.2, -0.15) is 0 Å². The summed E-state index contributed by atoms with van der Waals surface area (Å²) in [6.45, 7) is 0. The van der Waals surface area contributed by atoms with Gasteiger partial charge in [-0.15, -0.1) is 0 Å². The first kappa shape index (κ1) is 15.6. The van der Waals surface area contributed by atoms with Crippen molar-refractivity contribution in [1.29, 1.82) is 0 Å². The van der Waals surface area contributed by atoms with E-state index in [1.165, 1.54) is 0 Å². The normalized spacial score (nSPS) is 14.8. The highest BCUT2D eigenvalue weighted by molar-refractivity contribution is 9.10. The molecular weight excluding hydrogens is 358 g/mol. The van der Waals surface area contributed by atoms with Crippen molar-refractivity contribution in [2.75, 3.05) is 10.6 Å². The van der Waals surface area contributed by atoms with Crippen LogP contribution in [0.3, 0.4) is 0 Å². The van der Waals surface area contributed by atoms with Gasteiger partial charge in [-0.3, -0.25) is 4.79 Å². The van der Waals surface area contributed by atoms with Crippen molar-refractivity contribution in [2.24, 2.45) is 5.73 Å². The summed E-state index contributed by atoms with van der Waals surface area (Å²) in [4.78, 5) is 23.6. The van der Waals surface area contributed by atoms with E-state index >= 15 is 0 Å². The predicted molar refractivity (Wildman–Crippen MR) is 93.3 cm³/mol. The number of carbonyl (C=O) groups excluding carboxylic acids is 2. The largest absolute Gasteiger partial charge is 0.351 e. The molecule has 0 unspecified atom stereocenters. The lowest BCUT2D eigenvalue weighted by atomic mass is 9.95. The average Bonchev–Trinajstić information content (AvgIpc) is 3.28. The van der Waals surface area contributed by atoms with Crippen LogP contribution in [0.5, 0.6) is 0 Å². The lowest BCUT2D eigenvalue weighted by Gasteiger charge is -2.16. The number of nitrogens with one attached hydrogen (secondary N) is 2. The van der Waals surface area contributed by atoms with E-state index < -0.39 is 11.4 Å². The van der Waals surface area contributed by atoms with Crippen LogP contribution in [0.2, 0.25) is 0 Å². The topological polar surface area (TPSA) is 84.2 Å². The van der Waals surface area contributed by atoms with Crippen molar-refractivity contribution in [1.82, 2.24) is 0 Å². The zero-order valence-corrected chi connectivity index (χ0v) is 13.9. The molecule has 1 aliphatic carbocycles. The van der Waals surface area contributed by atoms with Crippen LogP contribution in [0.4, 0.5) is 16.2 Å². The number of primary amides is 1. The number of carbonyl (C=O) groups is 2. The number of halogens is 1. The maximum Gasteiger partial charge on any atom is 0.316 e. The fourth-order valence-corrected chi connectivity index (χ4v) is 3.02. The van der Waals surface area contributed by atoms with Gasteiger partial charge in [0.1, 0.15) is 0 Å². The molecule has 0 aliphatic heterocycles. The molecule has 2 aromatic carbocycles. The summed E-state index contributed by atoms with van der Waals surface area (Å²) < 4.78 is 0.960. The molecule has 3 amide bonds. The third-order valence-electron chi connectivity index (χ3n) is 3.95. The first-order valence-electron chi connectivity index (χ1n) is 7.24. The van der Waals surface area contributed by atoms with Gasteiger partial charge in [0, 0.05) is 15.8 Å². The Morgan fingerprint density at radius 3 is 2.26 bits per heavy atom. The smallest absolute Gasteiger partial charge is 0.316 e. The average molecular weight is 374 g/mol. The molecule has 0 aromatic heterocycles.